The van der Waals surface area contributed by atoms with Crippen molar-refractivity contribution in [3.8, 4) is 0 Å². The Labute approximate surface area is 88.7 Å². The number of anilines is 1. The van der Waals surface area contributed by atoms with Gasteiger partial charge in [-0.1, -0.05) is 0 Å². The van der Waals surface area contributed by atoms with Crippen molar-refractivity contribution in [2.45, 2.75) is 26.3 Å². The van der Waals surface area contributed by atoms with E-state index in [-0.39, 0.29) is 0 Å². The summed E-state index contributed by atoms with van der Waals surface area (Å²) < 4.78 is 0. The fourth-order valence-corrected chi connectivity index (χ4v) is 2.67. The van der Waals surface area contributed by atoms with Crippen LogP contribution in [0.25, 0.3) is 0 Å². The molecule has 0 spiro atoms. The molecule has 0 saturated carbocycles. The highest BCUT2D eigenvalue weighted by atomic mass is 32.2. The van der Waals surface area contributed by atoms with Crippen LogP contribution in [0.1, 0.15) is 17.8 Å². The third kappa shape index (κ3) is 2.18. The molecule has 0 amide bonds. The lowest BCUT2D eigenvalue weighted by Crippen LogP contribution is -2.20. The number of hydrogen-bond donors (Lipinski definition) is 1. The van der Waals surface area contributed by atoms with E-state index in [2.05, 4.69) is 15.3 Å². The average Bonchev–Trinajstić information content (AvgIpc) is 2.64. The standard InChI is InChI=1S/C10H15N3S/c1-7-5-11-8(2)10(12-7)13-9-3-4-14-6-9/h5,9H,3-4,6H2,1-2H3,(H,12,13). The quantitative estimate of drug-likeness (QED) is 0.808. The minimum Gasteiger partial charge on any atom is -0.365 e. The number of aromatic nitrogens is 2. The molecule has 1 aromatic rings. The molecule has 1 aliphatic heterocycles. The molecule has 0 radical (unpaired) electrons. The van der Waals surface area contributed by atoms with Crippen molar-refractivity contribution in [1.29, 1.82) is 0 Å². The van der Waals surface area contributed by atoms with Crippen molar-refractivity contribution in [3.63, 3.8) is 0 Å². The summed E-state index contributed by atoms with van der Waals surface area (Å²) in [5.74, 6) is 3.41. The summed E-state index contributed by atoms with van der Waals surface area (Å²) in [4.78, 5) is 8.74. The predicted molar refractivity (Wildman–Crippen MR) is 60.9 cm³/mol. The Morgan fingerprint density at radius 1 is 1.50 bits per heavy atom. The molecular weight excluding hydrogens is 194 g/mol. The lowest BCUT2D eigenvalue weighted by atomic mass is 10.2. The molecule has 4 heteroatoms. The summed E-state index contributed by atoms with van der Waals surface area (Å²) in [5.41, 5.74) is 1.97. The summed E-state index contributed by atoms with van der Waals surface area (Å²) in [7, 11) is 0. The molecule has 0 aliphatic carbocycles. The zero-order chi connectivity index (χ0) is 9.97. The van der Waals surface area contributed by atoms with Gasteiger partial charge in [-0.15, -0.1) is 0 Å². The summed E-state index contributed by atoms with van der Waals surface area (Å²) in [6.07, 6.45) is 3.05. The highest BCUT2D eigenvalue weighted by molar-refractivity contribution is 7.99. The van der Waals surface area contributed by atoms with Crippen molar-refractivity contribution < 1.29 is 0 Å². The van der Waals surface area contributed by atoms with Crippen LogP contribution in [0, 0.1) is 13.8 Å². The second-order valence-corrected chi connectivity index (χ2v) is 4.80. The number of thioether (sulfide) groups is 1. The molecule has 0 aromatic carbocycles. The Bertz CT molecular complexity index is 321. The molecule has 1 atom stereocenters. The molecular formula is C10H15N3S. The summed E-state index contributed by atoms with van der Waals surface area (Å²) in [6.45, 7) is 3.97. The molecule has 2 heterocycles. The molecule has 1 unspecified atom stereocenters. The fraction of sp³-hybridized carbons (Fsp3) is 0.600. The molecule has 1 aliphatic rings. The van der Waals surface area contributed by atoms with Gasteiger partial charge in [0.25, 0.3) is 0 Å². The van der Waals surface area contributed by atoms with E-state index in [0.717, 1.165) is 17.2 Å². The summed E-state index contributed by atoms with van der Waals surface area (Å²) >= 11 is 2.00. The van der Waals surface area contributed by atoms with Gasteiger partial charge in [-0.25, -0.2) is 4.98 Å². The Kier molecular flexibility index (Phi) is 2.91. The van der Waals surface area contributed by atoms with Crippen LogP contribution >= 0.6 is 11.8 Å². The first-order valence-corrected chi connectivity index (χ1v) is 6.05. The zero-order valence-electron chi connectivity index (χ0n) is 8.58. The maximum Gasteiger partial charge on any atom is 0.147 e. The van der Waals surface area contributed by atoms with Crippen molar-refractivity contribution >= 4 is 17.6 Å². The van der Waals surface area contributed by atoms with E-state index in [1.807, 2.05) is 31.8 Å². The van der Waals surface area contributed by atoms with Crippen molar-refractivity contribution in [2.24, 2.45) is 0 Å². The molecule has 1 saturated heterocycles. The molecule has 0 bridgehead atoms. The Morgan fingerprint density at radius 2 is 2.36 bits per heavy atom. The van der Waals surface area contributed by atoms with Gasteiger partial charge in [0.2, 0.25) is 0 Å². The van der Waals surface area contributed by atoms with Gasteiger partial charge >= 0.3 is 0 Å². The van der Waals surface area contributed by atoms with Gasteiger partial charge in [0, 0.05) is 18.0 Å². The number of rotatable bonds is 2. The highest BCUT2D eigenvalue weighted by Gasteiger charge is 2.16. The third-order valence-electron chi connectivity index (χ3n) is 2.35. The first kappa shape index (κ1) is 9.77. The monoisotopic (exact) mass is 209 g/mol. The molecule has 76 valence electrons. The third-order valence-corrected chi connectivity index (χ3v) is 3.51. The van der Waals surface area contributed by atoms with Crippen LogP contribution in [0.4, 0.5) is 5.82 Å². The van der Waals surface area contributed by atoms with E-state index in [1.54, 1.807) is 0 Å². The van der Waals surface area contributed by atoms with E-state index in [9.17, 15) is 0 Å². The minimum absolute atomic E-state index is 0.579. The van der Waals surface area contributed by atoms with Gasteiger partial charge in [-0.05, 0) is 26.0 Å². The molecule has 2 rings (SSSR count). The van der Waals surface area contributed by atoms with Gasteiger partial charge in [0.05, 0.1) is 11.4 Å². The van der Waals surface area contributed by atoms with Crippen LogP contribution in [0.3, 0.4) is 0 Å². The smallest absolute Gasteiger partial charge is 0.147 e. The molecule has 3 nitrogen and oxygen atoms in total. The van der Waals surface area contributed by atoms with Crippen LogP contribution in [0.2, 0.25) is 0 Å². The van der Waals surface area contributed by atoms with Gasteiger partial charge in [0.1, 0.15) is 5.82 Å². The lowest BCUT2D eigenvalue weighted by Gasteiger charge is -2.13. The first-order chi connectivity index (χ1) is 6.75. The predicted octanol–water partition coefficient (Wildman–Crippen LogP) is 2.01. The van der Waals surface area contributed by atoms with E-state index in [0.29, 0.717) is 6.04 Å². The zero-order valence-corrected chi connectivity index (χ0v) is 9.40. The van der Waals surface area contributed by atoms with E-state index >= 15 is 0 Å². The second kappa shape index (κ2) is 4.17. The summed E-state index contributed by atoms with van der Waals surface area (Å²) in [5, 5.41) is 3.46. The Balaban J connectivity index is 2.10. The maximum absolute atomic E-state index is 4.45. The van der Waals surface area contributed by atoms with Crippen LogP contribution in [-0.4, -0.2) is 27.5 Å². The fourth-order valence-electron chi connectivity index (χ4n) is 1.52. The lowest BCUT2D eigenvalue weighted by molar-refractivity contribution is 0.800. The van der Waals surface area contributed by atoms with Crippen LogP contribution < -0.4 is 5.32 Å². The largest absolute Gasteiger partial charge is 0.365 e. The van der Waals surface area contributed by atoms with Crippen LogP contribution in [0.15, 0.2) is 6.20 Å². The summed E-state index contributed by atoms with van der Waals surface area (Å²) in [6, 6.07) is 0.579. The Hall–Kier alpha value is -0.770. The normalized spacial score (nSPS) is 21.1. The van der Waals surface area contributed by atoms with E-state index < -0.39 is 0 Å². The SMILES string of the molecule is Cc1cnc(C)c(NC2CCSC2)n1. The van der Waals surface area contributed by atoms with Crippen molar-refractivity contribution in [1.82, 2.24) is 9.97 Å². The second-order valence-electron chi connectivity index (χ2n) is 3.65. The number of nitrogens with one attached hydrogen (secondary N) is 1. The first-order valence-electron chi connectivity index (χ1n) is 4.90. The molecule has 1 N–H and O–H groups in total. The van der Waals surface area contributed by atoms with Crippen LogP contribution in [0.5, 0.6) is 0 Å². The van der Waals surface area contributed by atoms with E-state index in [4.69, 9.17) is 0 Å². The number of nitrogens with zero attached hydrogens (tertiary/aromatic N) is 2. The van der Waals surface area contributed by atoms with Crippen LogP contribution in [-0.2, 0) is 0 Å². The molecule has 14 heavy (non-hydrogen) atoms. The average molecular weight is 209 g/mol. The van der Waals surface area contributed by atoms with Gasteiger partial charge in [0.15, 0.2) is 0 Å². The van der Waals surface area contributed by atoms with Gasteiger partial charge < -0.3 is 5.32 Å². The van der Waals surface area contributed by atoms with Crippen molar-refractivity contribution in [3.05, 3.63) is 17.6 Å². The Morgan fingerprint density at radius 3 is 3.07 bits per heavy atom. The van der Waals surface area contributed by atoms with E-state index in [1.165, 1.54) is 17.9 Å². The molecule has 1 fully saturated rings. The van der Waals surface area contributed by atoms with Gasteiger partial charge in [-0.3, -0.25) is 4.98 Å². The van der Waals surface area contributed by atoms with Crippen molar-refractivity contribution in [2.75, 3.05) is 16.8 Å². The minimum atomic E-state index is 0.579. The topological polar surface area (TPSA) is 37.8 Å². The highest BCUT2D eigenvalue weighted by Crippen LogP contribution is 2.21. The number of aryl methyl sites for hydroxylation is 2. The number of hydrogen-bond acceptors (Lipinski definition) is 4. The maximum atomic E-state index is 4.45. The van der Waals surface area contributed by atoms with Gasteiger partial charge in [-0.2, -0.15) is 11.8 Å². The molecule has 1 aromatic heterocycles.